The second-order valence-corrected chi connectivity index (χ2v) is 14.3. The predicted molar refractivity (Wildman–Crippen MR) is 138 cm³/mol. The fourth-order valence-corrected chi connectivity index (χ4v) is 10.0. The first-order chi connectivity index (χ1) is 17.3. The van der Waals surface area contributed by atoms with Crippen LogP contribution in [0.3, 0.4) is 0 Å². The molecule has 2 unspecified atom stereocenters. The fraction of sp³-hybridized carbons (Fsp3) is 0.710. The summed E-state index contributed by atoms with van der Waals surface area (Å²) >= 11 is 0. The zero-order valence-electron chi connectivity index (χ0n) is 23.1. The zero-order chi connectivity index (χ0) is 26.6. The fourth-order valence-electron chi connectivity index (χ4n) is 10.0. The van der Waals surface area contributed by atoms with Crippen LogP contribution in [0.5, 0.6) is 0 Å². The van der Waals surface area contributed by atoms with Crippen LogP contribution in [0.25, 0.3) is 0 Å². The van der Waals surface area contributed by atoms with E-state index in [1.165, 1.54) is 6.39 Å². The Morgan fingerprint density at radius 1 is 1.03 bits per heavy atom. The number of rotatable bonds is 1. The highest BCUT2D eigenvalue weighted by atomic mass is 16.4. The standard InChI is InChI=1S/C31H39N3O3/c1-18-20-7-8-29(5)23(28(20,4)14-19(16-32)25(18)36)13-22(35)24-21-15-27(2,3)9-11-31(21,12-10-30(24,29)6)26-34-33-17-37-26/h13-14,17-18,20-21,24H,7-12,15H2,1-6H3/t18-,20-,21?,24?,28-,29+,30+,31-/m0/s1. The van der Waals surface area contributed by atoms with Crippen LogP contribution in [0, 0.1) is 56.7 Å². The number of carbonyl (C=O) groups is 2. The van der Waals surface area contributed by atoms with Crippen LogP contribution in [0.2, 0.25) is 0 Å². The summed E-state index contributed by atoms with van der Waals surface area (Å²) in [5.41, 5.74) is 0.392. The number of hydrogen-bond donors (Lipinski definition) is 0. The molecule has 0 saturated heterocycles. The van der Waals surface area contributed by atoms with E-state index in [4.69, 9.17) is 4.42 Å². The van der Waals surface area contributed by atoms with Crippen molar-refractivity contribution < 1.29 is 14.0 Å². The molecule has 1 heterocycles. The van der Waals surface area contributed by atoms with Gasteiger partial charge < -0.3 is 4.42 Å². The Balaban J connectivity index is 1.53. The van der Waals surface area contributed by atoms with Gasteiger partial charge in [0.2, 0.25) is 12.3 Å². The van der Waals surface area contributed by atoms with E-state index in [0.29, 0.717) is 5.89 Å². The molecule has 0 spiro atoms. The third kappa shape index (κ3) is 2.98. The van der Waals surface area contributed by atoms with Gasteiger partial charge in [0.25, 0.3) is 0 Å². The number of nitriles is 1. The van der Waals surface area contributed by atoms with Crippen molar-refractivity contribution in [2.75, 3.05) is 0 Å². The first kappa shape index (κ1) is 24.8. The van der Waals surface area contributed by atoms with Gasteiger partial charge in [-0.25, -0.2) is 0 Å². The zero-order valence-corrected chi connectivity index (χ0v) is 23.1. The van der Waals surface area contributed by atoms with Crippen molar-refractivity contribution in [2.24, 2.45) is 45.3 Å². The molecule has 37 heavy (non-hydrogen) atoms. The molecule has 8 atom stereocenters. The van der Waals surface area contributed by atoms with E-state index in [2.05, 4.69) is 50.9 Å². The summed E-state index contributed by atoms with van der Waals surface area (Å²) < 4.78 is 5.89. The van der Waals surface area contributed by atoms with Crippen LogP contribution >= 0.6 is 0 Å². The molecular weight excluding hydrogens is 462 g/mol. The smallest absolute Gasteiger partial charge is 0.222 e. The second-order valence-electron chi connectivity index (χ2n) is 14.3. The van der Waals surface area contributed by atoms with Gasteiger partial charge in [-0.1, -0.05) is 53.2 Å². The summed E-state index contributed by atoms with van der Waals surface area (Å²) in [4.78, 5) is 27.3. The minimum atomic E-state index is -0.470. The normalized spacial score (nSPS) is 46.4. The van der Waals surface area contributed by atoms with E-state index in [1.807, 2.05) is 19.1 Å². The molecule has 6 heteroatoms. The summed E-state index contributed by atoms with van der Waals surface area (Å²) in [6.07, 6.45) is 12.0. The van der Waals surface area contributed by atoms with Gasteiger partial charge in [-0.15, -0.1) is 10.2 Å². The summed E-state index contributed by atoms with van der Waals surface area (Å²) in [6, 6.07) is 2.17. The van der Waals surface area contributed by atoms with Gasteiger partial charge in [0, 0.05) is 17.3 Å². The van der Waals surface area contributed by atoms with Crippen LogP contribution in [-0.4, -0.2) is 21.8 Å². The van der Waals surface area contributed by atoms with Crippen molar-refractivity contribution in [1.82, 2.24) is 10.2 Å². The van der Waals surface area contributed by atoms with Gasteiger partial charge in [0.1, 0.15) is 6.07 Å². The summed E-state index contributed by atoms with van der Waals surface area (Å²) in [5.74, 6) is 0.778. The number of Topliss-reactive ketones (excluding diaryl/α,β-unsaturated/α-hetero) is 1. The highest BCUT2D eigenvalue weighted by Crippen LogP contribution is 2.73. The van der Waals surface area contributed by atoms with E-state index in [-0.39, 0.29) is 62.5 Å². The maximum Gasteiger partial charge on any atom is 0.222 e. The maximum absolute atomic E-state index is 14.4. The average molecular weight is 502 g/mol. The highest BCUT2D eigenvalue weighted by Gasteiger charge is 2.69. The van der Waals surface area contributed by atoms with Crippen molar-refractivity contribution in [3.05, 3.63) is 35.6 Å². The first-order valence-corrected chi connectivity index (χ1v) is 14.0. The topological polar surface area (TPSA) is 96.8 Å². The van der Waals surface area contributed by atoms with Gasteiger partial charge >= 0.3 is 0 Å². The van der Waals surface area contributed by atoms with E-state index >= 15 is 0 Å². The summed E-state index contributed by atoms with van der Waals surface area (Å²) in [7, 11) is 0. The first-order valence-electron chi connectivity index (χ1n) is 14.0. The number of allylic oxidation sites excluding steroid dienone is 4. The van der Waals surface area contributed by atoms with Gasteiger partial charge in [0.15, 0.2) is 11.6 Å². The molecule has 3 saturated carbocycles. The van der Waals surface area contributed by atoms with Crippen molar-refractivity contribution in [3.8, 4) is 6.07 Å². The maximum atomic E-state index is 14.4. The molecule has 1 aromatic rings. The monoisotopic (exact) mass is 501 g/mol. The quantitative estimate of drug-likeness (QED) is 0.458. The van der Waals surface area contributed by atoms with E-state index in [0.717, 1.165) is 50.5 Å². The molecule has 6 rings (SSSR count). The minimum Gasteiger partial charge on any atom is -0.427 e. The van der Waals surface area contributed by atoms with Crippen molar-refractivity contribution >= 4 is 11.6 Å². The average Bonchev–Trinajstić information content (AvgIpc) is 3.38. The summed E-state index contributed by atoms with van der Waals surface area (Å²) in [5, 5.41) is 18.3. The van der Waals surface area contributed by atoms with Crippen molar-refractivity contribution in [3.63, 3.8) is 0 Å². The third-order valence-corrected chi connectivity index (χ3v) is 12.3. The molecule has 6 nitrogen and oxygen atoms in total. The molecule has 5 aliphatic carbocycles. The second kappa shape index (κ2) is 7.52. The van der Waals surface area contributed by atoms with Crippen molar-refractivity contribution in [2.45, 2.75) is 91.9 Å². The number of hydrogen-bond acceptors (Lipinski definition) is 6. The molecule has 0 N–H and O–H groups in total. The van der Waals surface area contributed by atoms with Gasteiger partial charge in [0.05, 0.1) is 11.0 Å². The Morgan fingerprint density at radius 2 is 1.76 bits per heavy atom. The molecule has 0 aromatic carbocycles. The molecule has 196 valence electrons. The van der Waals surface area contributed by atoms with Crippen LogP contribution in [0.4, 0.5) is 0 Å². The molecule has 0 radical (unpaired) electrons. The van der Waals surface area contributed by atoms with Crippen LogP contribution < -0.4 is 0 Å². The molecule has 0 bridgehead atoms. The Morgan fingerprint density at radius 3 is 2.43 bits per heavy atom. The Labute approximate surface area is 220 Å². The number of aromatic nitrogens is 2. The van der Waals surface area contributed by atoms with Crippen LogP contribution in [0.1, 0.15) is 92.4 Å². The van der Waals surface area contributed by atoms with E-state index in [9.17, 15) is 14.9 Å². The number of fused-ring (bicyclic) bond motifs is 7. The lowest BCUT2D eigenvalue weighted by molar-refractivity contribution is -0.159. The third-order valence-electron chi connectivity index (χ3n) is 12.3. The SMILES string of the molecule is C[C@@H]1C(=O)C(C#N)=C[C@]2(C)C3=CC(=O)C4C5CC(C)(C)CC[C@]5(c5nnco5)CC[C@@]4(C)[C@]3(C)CC[C@@H]12. The molecular formula is C31H39N3O3. The number of nitrogens with zero attached hydrogens (tertiary/aromatic N) is 3. The summed E-state index contributed by atoms with van der Waals surface area (Å²) in [6.45, 7) is 13.5. The molecule has 0 amide bonds. The van der Waals surface area contributed by atoms with Gasteiger partial charge in [-0.2, -0.15) is 5.26 Å². The molecule has 0 aliphatic heterocycles. The Kier molecular flexibility index (Phi) is 5.03. The minimum absolute atomic E-state index is 0.0492. The molecule has 5 aliphatic rings. The highest BCUT2D eigenvalue weighted by molar-refractivity contribution is 6.02. The van der Waals surface area contributed by atoms with Crippen LogP contribution in [-0.2, 0) is 15.0 Å². The Hall–Kier alpha value is -2.55. The lowest BCUT2D eigenvalue weighted by Gasteiger charge is -2.68. The largest absolute Gasteiger partial charge is 0.427 e. The molecule has 3 fully saturated rings. The number of carbonyl (C=O) groups excluding carboxylic acids is 2. The lowest BCUT2D eigenvalue weighted by atomic mass is 9.35. The molecule has 1 aromatic heterocycles. The van der Waals surface area contributed by atoms with Crippen molar-refractivity contribution in [1.29, 1.82) is 5.26 Å². The number of ketones is 2. The predicted octanol–water partition coefficient (Wildman–Crippen LogP) is 6.15. The Bertz CT molecular complexity index is 1290. The van der Waals surface area contributed by atoms with Crippen LogP contribution in [0.15, 0.2) is 34.1 Å². The lowest BCUT2D eigenvalue weighted by Crippen LogP contribution is -2.65. The van der Waals surface area contributed by atoms with Gasteiger partial charge in [-0.3, -0.25) is 9.59 Å². The van der Waals surface area contributed by atoms with E-state index in [1.54, 1.807) is 0 Å². The van der Waals surface area contributed by atoms with E-state index < -0.39 is 5.41 Å². The van der Waals surface area contributed by atoms with Gasteiger partial charge in [-0.05, 0) is 79.1 Å².